The second-order valence-electron chi connectivity index (χ2n) is 4.94. The zero-order valence-electron chi connectivity index (χ0n) is 11.7. The van der Waals surface area contributed by atoms with E-state index in [0.717, 1.165) is 12.8 Å². The van der Waals surface area contributed by atoms with Crippen molar-refractivity contribution in [3.63, 3.8) is 0 Å². The minimum Gasteiger partial charge on any atom is -0.271 e. The minimum absolute atomic E-state index is 0.192. The van der Waals surface area contributed by atoms with E-state index >= 15 is 0 Å². The lowest BCUT2D eigenvalue weighted by atomic mass is 9.83. The minimum atomic E-state index is 0.192. The summed E-state index contributed by atoms with van der Waals surface area (Å²) in [7, 11) is 0. The highest BCUT2D eigenvalue weighted by Crippen LogP contribution is 2.29. The van der Waals surface area contributed by atoms with Crippen molar-refractivity contribution < 1.29 is 0 Å². The maximum atomic E-state index is 5.80. The Kier molecular flexibility index (Phi) is 5.54. The molecule has 0 saturated heterocycles. The Balaban J connectivity index is 2.35. The van der Waals surface area contributed by atoms with Gasteiger partial charge < -0.3 is 0 Å². The number of hydrazine groups is 1. The van der Waals surface area contributed by atoms with E-state index in [9.17, 15) is 0 Å². The molecule has 0 heterocycles. The summed E-state index contributed by atoms with van der Waals surface area (Å²) >= 11 is 0. The molecular weight excluding hydrogens is 244 g/mol. The molecule has 3 N–H and O–H groups in total. The number of benzene rings is 2. The molecule has 0 amide bonds. The van der Waals surface area contributed by atoms with Gasteiger partial charge >= 0.3 is 0 Å². The van der Waals surface area contributed by atoms with E-state index in [-0.39, 0.29) is 12.0 Å². The first-order chi connectivity index (χ1) is 9.86. The summed E-state index contributed by atoms with van der Waals surface area (Å²) in [5.74, 6) is 6.06. The van der Waals surface area contributed by atoms with Crippen LogP contribution in [0, 0.1) is 0 Å². The van der Waals surface area contributed by atoms with Crippen LogP contribution in [0.15, 0.2) is 73.3 Å². The predicted molar refractivity (Wildman–Crippen MR) is 85.3 cm³/mol. The molecular formula is C18H22N2. The lowest BCUT2D eigenvalue weighted by Gasteiger charge is -2.27. The van der Waals surface area contributed by atoms with Crippen LogP contribution in [0.2, 0.25) is 0 Å². The summed E-state index contributed by atoms with van der Waals surface area (Å²) in [6, 6.07) is 21.2. The van der Waals surface area contributed by atoms with Crippen LogP contribution in [0.1, 0.15) is 29.9 Å². The first-order valence-corrected chi connectivity index (χ1v) is 7.03. The Morgan fingerprint density at radius 2 is 1.45 bits per heavy atom. The van der Waals surface area contributed by atoms with Gasteiger partial charge in [0.2, 0.25) is 0 Å². The number of allylic oxidation sites excluding steroid dienone is 1. The van der Waals surface area contributed by atoms with Crippen LogP contribution >= 0.6 is 0 Å². The third-order valence-electron chi connectivity index (χ3n) is 3.62. The standard InChI is InChI=1S/C18H22N2/c1-2-3-14-17(20-19)18(15-10-6-4-7-11-15)16-12-8-5-9-13-16/h2,4-13,17-18,20H,1,3,14,19H2. The molecule has 1 unspecified atom stereocenters. The molecule has 0 radical (unpaired) electrons. The van der Waals surface area contributed by atoms with E-state index in [4.69, 9.17) is 5.84 Å². The smallest absolute Gasteiger partial charge is 0.0322 e. The maximum Gasteiger partial charge on any atom is 0.0322 e. The highest BCUT2D eigenvalue weighted by Gasteiger charge is 2.23. The van der Waals surface area contributed by atoms with Crippen molar-refractivity contribution >= 4 is 0 Å². The highest BCUT2D eigenvalue weighted by molar-refractivity contribution is 5.34. The molecule has 0 spiro atoms. The molecule has 2 rings (SSSR count). The van der Waals surface area contributed by atoms with Gasteiger partial charge in [-0.3, -0.25) is 11.3 Å². The molecule has 0 aromatic heterocycles. The van der Waals surface area contributed by atoms with Gasteiger partial charge in [-0.15, -0.1) is 6.58 Å². The number of hydrogen-bond donors (Lipinski definition) is 2. The Hall–Kier alpha value is -1.90. The fourth-order valence-electron chi connectivity index (χ4n) is 2.62. The zero-order valence-corrected chi connectivity index (χ0v) is 11.7. The Morgan fingerprint density at radius 3 is 1.85 bits per heavy atom. The molecule has 0 aliphatic heterocycles. The summed E-state index contributed by atoms with van der Waals surface area (Å²) < 4.78 is 0. The van der Waals surface area contributed by atoms with E-state index < -0.39 is 0 Å². The summed E-state index contributed by atoms with van der Waals surface area (Å²) in [6.07, 6.45) is 3.86. The van der Waals surface area contributed by atoms with Crippen molar-refractivity contribution in [2.45, 2.75) is 24.8 Å². The topological polar surface area (TPSA) is 38.0 Å². The molecule has 1 atom stereocenters. The van der Waals surface area contributed by atoms with Crippen LogP contribution in [0.3, 0.4) is 0 Å². The lowest BCUT2D eigenvalue weighted by molar-refractivity contribution is 0.452. The second-order valence-corrected chi connectivity index (χ2v) is 4.94. The van der Waals surface area contributed by atoms with E-state index in [2.05, 4.69) is 60.5 Å². The quantitative estimate of drug-likeness (QED) is 0.456. The molecule has 0 saturated carbocycles. The van der Waals surface area contributed by atoms with Crippen LogP contribution < -0.4 is 11.3 Å². The summed E-state index contributed by atoms with van der Waals surface area (Å²) in [6.45, 7) is 3.80. The molecule has 2 aromatic rings. The van der Waals surface area contributed by atoms with Gasteiger partial charge in [0.15, 0.2) is 0 Å². The number of nitrogens with two attached hydrogens (primary N) is 1. The van der Waals surface area contributed by atoms with Crippen molar-refractivity contribution in [2.24, 2.45) is 5.84 Å². The van der Waals surface area contributed by atoms with Crippen molar-refractivity contribution in [1.82, 2.24) is 5.43 Å². The lowest BCUT2D eigenvalue weighted by Crippen LogP contribution is -2.40. The van der Waals surface area contributed by atoms with E-state index in [1.165, 1.54) is 11.1 Å². The van der Waals surface area contributed by atoms with E-state index in [0.29, 0.717) is 0 Å². The van der Waals surface area contributed by atoms with Gasteiger partial charge in [0.25, 0.3) is 0 Å². The molecule has 0 bridgehead atoms. The van der Waals surface area contributed by atoms with Crippen molar-refractivity contribution in [3.8, 4) is 0 Å². The molecule has 2 aromatic carbocycles. The normalized spacial score (nSPS) is 12.3. The largest absolute Gasteiger partial charge is 0.271 e. The van der Waals surface area contributed by atoms with Crippen molar-refractivity contribution in [2.75, 3.05) is 0 Å². The Morgan fingerprint density at radius 1 is 0.950 bits per heavy atom. The number of hydrogen-bond acceptors (Lipinski definition) is 2. The van der Waals surface area contributed by atoms with Crippen LogP contribution in [0.25, 0.3) is 0 Å². The van der Waals surface area contributed by atoms with Gasteiger partial charge in [-0.1, -0.05) is 66.7 Å². The van der Waals surface area contributed by atoms with Gasteiger partial charge in [-0.25, -0.2) is 0 Å². The predicted octanol–water partition coefficient (Wildman–Crippen LogP) is 3.62. The van der Waals surface area contributed by atoms with Crippen LogP contribution in [-0.2, 0) is 0 Å². The summed E-state index contributed by atoms with van der Waals surface area (Å²) in [4.78, 5) is 0. The Bertz CT molecular complexity index is 468. The molecule has 20 heavy (non-hydrogen) atoms. The second kappa shape index (κ2) is 7.63. The van der Waals surface area contributed by atoms with Crippen LogP contribution in [0.5, 0.6) is 0 Å². The van der Waals surface area contributed by atoms with Gasteiger partial charge in [-0.2, -0.15) is 0 Å². The van der Waals surface area contributed by atoms with Gasteiger partial charge in [0.1, 0.15) is 0 Å². The monoisotopic (exact) mass is 266 g/mol. The maximum absolute atomic E-state index is 5.80. The zero-order chi connectivity index (χ0) is 14.2. The fourth-order valence-corrected chi connectivity index (χ4v) is 2.62. The molecule has 104 valence electrons. The molecule has 0 aliphatic carbocycles. The van der Waals surface area contributed by atoms with Crippen molar-refractivity contribution in [1.29, 1.82) is 0 Å². The van der Waals surface area contributed by atoms with E-state index in [1.807, 2.05) is 18.2 Å². The fraction of sp³-hybridized carbons (Fsp3) is 0.222. The van der Waals surface area contributed by atoms with Crippen LogP contribution in [-0.4, -0.2) is 6.04 Å². The first-order valence-electron chi connectivity index (χ1n) is 7.03. The molecule has 2 heteroatoms. The average molecular weight is 266 g/mol. The van der Waals surface area contributed by atoms with Gasteiger partial charge in [0, 0.05) is 12.0 Å². The number of nitrogens with one attached hydrogen (secondary N) is 1. The van der Waals surface area contributed by atoms with Gasteiger partial charge in [0.05, 0.1) is 0 Å². The molecule has 0 aliphatic rings. The third-order valence-corrected chi connectivity index (χ3v) is 3.62. The SMILES string of the molecule is C=CCCC(NN)C(c1ccccc1)c1ccccc1. The number of rotatable bonds is 7. The first kappa shape index (κ1) is 14.5. The van der Waals surface area contributed by atoms with Crippen molar-refractivity contribution in [3.05, 3.63) is 84.4 Å². The van der Waals surface area contributed by atoms with E-state index in [1.54, 1.807) is 0 Å². The highest BCUT2D eigenvalue weighted by atomic mass is 15.2. The summed E-state index contributed by atoms with van der Waals surface area (Å²) in [5, 5.41) is 0. The molecule has 2 nitrogen and oxygen atoms in total. The average Bonchev–Trinajstić information content (AvgIpc) is 2.53. The summed E-state index contributed by atoms with van der Waals surface area (Å²) in [5.41, 5.74) is 5.55. The van der Waals surface area contributed by atoms with Gasteiger partial charge in [-0.05, 0) is 24.0 Å². The molecule has 0 fully saturated rings. The van der Waals surface area contributed by atoms with Crippen LogP contribution in [0.4, 0.5) is 0 Å². The Labute approximate surface area is 121 Å². The third kappa shape index (κ3) is 3.56.